The van der Waals surface area contributed by atoms with Crippen molar-refractivity contribution in [1.82, 2.24) is 0 Å². The van der Waals surface area contributed by atoms with Gasteiger partial charge in [-0.15, -0.1) is 0 Å². The van der Waals surface area contributed by atoms with Crippen molar-refractivity contribution in [3.63, 3.8) is 0 Å². The summed E-state index contributed by atoms with van der Waals surface area (Å²) in [4.78, 5) is 0. The molecule has 0 amide bonds. The van der Waals surface area contributed by atoms with Crippen LogP contribution in [-0.2, 0) is 4.74 Å². The number of rotatable bonds is 5. The molecule has 1 atom stereocenters. The van der Waals surface area contributed by atoms with Crippen LogP contribution in [0, 0.1) is 0 Å². The second kappa shape index (κ2) is 6.25. The molecule has 1 unspecified atom stereocenters. The van der Waals surface area contributed by atoms with Crippen molar-refractivity contribution in [2.45, 2.75) is 19.2 Å². The Kier molecular flexibility index (Phi) is 4.91. The molecular formula is C13H18OSi. The van der Waals surface area contributed by atoms with E-state index in [1.807, 2.05) is 42.7 Å². The lowest BCUT2D eigenvalue weighted by molar-refractivity contribution is 0.191. The molecule has 0 aliphatic carbocycles. The number of ether oxygens (including phenoxy) is 1. The molecule has 0 saturated carbocycles. The fourth-order valence-corrected chi connectivity index (χ4v) is 1.61. The first-order valence-corrected chi connectivity index (χ1v) is 8.21. The summed E-state index contributed by atoms with van der Waals surface area (Å²) in [5.41, 5.74) is 3.31. The Morgan fingerprint density at radius 3 is 2.47 bits per heavy atom. The van der Waals surface area contributed by atoms with Crippen LogP contribution in [0.3, 0.4) is 0 Å². The minimum absolute atomic E-state index is 0.0322. The van der Waals surface area contributed by atoms with Gasteiger partial charge in [-0.25, -0.2) is 0 Å². The third-order valence-corrected chi connectivity index (χ3v) is 2.96. The molecule has 15 heavy (non-hydrogen) atoms. The molecule has 2 heteroatoms. The summed E-state index contributed by atoms with van der Waals surface area (Å²) >= 11 is 0. The van der Waals surface area contributed by atoms with Crippen LogP contribution in [0.4, 0.5) is 0 Å². The van der Waals surface area contributed by atoms with Crippen molar-refractivity contribution < 1.29 is 4.74 Å². The Balaban J connectivity index is 2.61. The zero-order valence-corrected chi connectivity index (χ0v) is 10.5. The van der Waals surface area contributed by atoms with E-state index in [1.54, 1.807) is 0 Å². The zero-order chi connectivity index (χ0) is 11.1. The molecule has 0 aliphatic heterocycles. The van der Waals surface area contributed by atoms with Gasteiger partial charge in [-0.2, -0.15) is 0 Å². The summed E-state index contributed by atoms with van der Waals surface area (Å²) in [5.74, 6) is 0. The first kappa shape index (κ1) is 11.8. The largest absolute Gasteiger partial charge is 0.490 e. The maximum atomic E-state index is 5.62. The molecule has 1 aromatic carbocycles. The molecule has 0 N–H and O–H groups in total. The molecule has 1 rings (SSSR count). The predicted molar refractivity (Wildman–Crippen MR) is 68.5 cm³/mol. The summed E-state index contributed by atoms with van der Waals surface area (Å²) < 4.78 is 5.62. The molecule has 0 fully saturated rings. The van der Waals surface area contributed by atoms with Crippen molar-refractivity contribution in [1.29, 1.82) is 0 Å². The van der Waals surface area contributed by atoms with Gasteiger partial charge in [-0.05, 0) is 11.6 Å². The molecule has 80 valence electrons. The summed E-state index contributed by atoms with van der Waals surface area (Å²) in [6.45, 7) is 8.30. The Hall–Kier alpha value is -1.28. The van der Waals surface area contributed by atoms with Crippen LogP contribution in [0.5, 0.6) is 0 Å². The van der Waals surface area contributed by atoms with E-state index in [2.05, 4.69) is 25.4 Å². The van der Waals surface area contributed by atoms with Crippen molar-refractivity contribution in [3.8, 4) is 0 Å². The molecule has 0 aliphatic rings. The highest BCUT2D eigenvalue weighted by Crippen LogP contribution is 2.18. The van der Waals surface area contributed by atoms with Crippen LogP contribution in [0.25, 0.3) is 0 Å². The van der Waals surface area contributed by atoms with Crippen LogP contribution >= 0.6 is 0 Å². The third kappa shape index (κ3) is 4.17. The Morgan fingerprint density at radius 2 is 1.93 bits per heavy atom. The van der Waals surface area contributed by atoms with Crippen LogP contribution < -0.4 is 0 Å². The third-order valence-electron chi connectivity index (χ3n) is 2.03. The predicted octanol–water partition coefficient (Wildman–Crippen LogP) is 3.47. The van der Waals surface area contributed by atoms with Crippen LogP contribution in [-0.4, -0.2) is 8.80 Å². The van der Waals surface area contributed by atoms with E-state index in [1.165, 1.54) is 0 Å². The molecule has 0 radical (unpaired) electrons. The van der Waals surface area contributed by atoms with Gasteiger partial charge in [-0.3, -0.25) is 0 Å². The van der Waals surface area contributed by atoms with Gasteiger partial charge < -0.3 is 4.74 Å². The van der Waals surface area contributed by atoms with E-state index in [9.17, 15) is 0 Å². The molecule has 0 bridgehead atoms. The lowest BCUT2D eigenvalue weighted by atomic mass is 10.1. The van der Waals surface area contributed by atoms with Gasteiger partial charge in [0.1, 0.15) is 6.10 Å². The first-order valence-electron chi connectivity index (χ1n) is 5.23. The van der Waals surface area contributed by atoms with Crippen LogP contribution in [0.15, 0.2) is 54.9 Å². The van der Waals surface area contributed by atoms with E-state index in [0.29, 0.717) is 0 Å². The monoisotopic (exact) mass is 218 g/mol. The summed E-state index contributed by atoms with van der Waals surface area (Å²) in [5, 5.41) is 0. The fraction of sp³-hybridized carbons (Fsp3) is 0.231. The lowest BCUT2D eigenvalue weighted by Gasteiger charge is -2.12. The van der Waals surface area contributed by atoms with Gasteiger partial charge in [0, 0.05) is 0 Å². The smallest absolute Gasteiger partial charge is 0.141 e. The van der Waals surface area contributed by atoms with Crippen LogP contribution in [0.1, 0.15) is 11.7 Å². The quantitative estimate of drug-likeness (QED) is 0.418. The average Bonchev–Trinajstić information content (AvgIpc) is 2.25. The zero-order valence-electron chi connectivity index (χ0n) is 9.39. The van der Waals surface area contributed by atoms with E-state index in [4.69, 9.17) is 4.74 Å². The van der Waals surface area contributed by atoms with Gasteiger partial charge in [0.2, 0.25) is 0 Å². The van der Waals surface area contributed by atoms with Crippen molar-refractivity contribution in [2.24, 2.45) is 0 Å². The highest BCUT2D eigenvalue weighted by molar-refractivity contribution is 6.61. The van der Waals surface area contributed by atoms with Crippen molar-refractivity contribution in [2.75, 3.05) is 0 Å². The standard InChI is InChI=1S/C13H18OSi/c1-4-13(14-10-11-15(2)3)12-8-6-5-7-9-12/h4-11,13,15H,1H2,2-3H3. The second-order valence-corrected chi connectivity index (χ2v) is 6.65. The Bertz CT molecular complexity index is 317. The molecule has 0 aromatic heterocycles. The maximum Gasteiger partial charge on any atom is 0.141 e. The van der Waals surface area contributed by atoms with Crippen LogP contribution in [0.2, 0.25) is 13.1 Å². The molecule has 1 nitrogen and oxygen atoms in total. The molecule has 0 saturated heterocycles. The first-order chi connectivity index (χ1) is 7.24. The van der Waals surface area contributed by atoms with Gasteiger partial charge in [0.15, 0.2) is 0 Å². The summed E-state index contributed by atoms with van der Waals surface area (Å²) in [7, 11) is -0.674. The maximum absolute atomic E-state index is 5.62. The number of hydrogen-bond acceptors (Lipinski definition) is 1. The molecule has 0 heterocycles. The lowest BCUT2D eigenvalue weighted by Crippen LogP contribution is -1.98. The average molecular weight is 218 g/mol. The van der Waals surface area contributed by atoms with Crippen molar-refractivity contribution >= 4 is 8.80 Å². The van der Waals surface area contributed by atoms with Gasteiger partial charge in [0.25, 0.3) is 0 Å². The highest BCUT2D eigenvalue weighted by Gasteiger charge is 2.04. The molecular weight excluding hydrogens is 200 g/mol. The number of hydrogen-bond donors (Lipinski definition) is 0. The second-order valence-electron chi connectivity index (χ2n) is 3.78. The highest BCUT2D eigenvalue weighted by atomic mass is 28.3. The number of benzene rings is 1. The Morgan fingerprint density at radius 1 is 1.27 bits per heavy atom. The normalized spacial score (nSPS) is 13.0. The summed E-state index contributed by atoms with van der Waals surface area (Å²) in [6, 6.07) is 10.1. The van der Waals surface area contributed by atoms with E-state index in [-0.39, 0.29) is 6.10 Å². The minimum Gasteiger partial charge on any atom is -0.490 e. The van der Waals surface area contributed by atoms with E-state index < -0.39 is 8.80 Å². The molecule has 0 spiro atoms. The molecule has 1 aromatic rings. The van der Waals surface area contributed by atoms with E-state index >= 15 is 0 Å². The SMILES string of the molecule is C=CC(OC=C[SiH](C)C)c1ccccc1. The Labute approximate surface area is 93.7 Å². The topological polar surface area (TPSA) is 9.23 Å². The summed E-state index contributed by atoms with van der Waals surface area (Å²) in [6.07, 6.45) is 3.60. The minimum atomic E-state index is -0.674. The fourth-order valence-electron chi connectivity index (χ4n) is 1.20. The van der Waals surface area contributed by atoms with Gasteiger partial charge in [-0.1, -0.05) is 55.7 Å². The van der Waals surface area contributed by atoms with Gasteiger partial charge >= 0.3 is 0 Å². The van der Waals surface area contributed by atoms with E-state index in [0.717, 1.165) is 5.56 Å². The van der Waals surface area contributed by atoms with Crippen molar-refractivity contribution in [3.05, 3.63) is 60.5 Å². The van der Waals surface area contributed by atoms with Gasteiger partial charge in [0.05, 0.1) is 15.1 Å².